The van der Waals surface area contributed by atoms with E-state index in [1.54, 1.807) is 12.3 Å². The van der Waals surface area contributed by atoms with Gasteiger partial charge < -0.3 is 14.8 Å². The quantitative estimate of drug-likeness (QED) is 0.273. The lowest BCUT2D eigenvalue weighted by molar-refractivity contribution is -0.141. The van der Waals surface area contributed by atoms with Crippen molar-refractivity contribution in [2.24, 2.45) is 0 Å². The van der Waals surface area contributed by atoms with E-state index in [9.17, 15) is 23.5 Å². The molecule has 2 aliphatic heterocycles. The Hall–Kier alpha value is -4.06. The molecule has 0 spiro atoms. The first-order chi connectivity index (χ1) is 22.2. The lowest BCUT2D eigenvalue weighted by atomic mass is 9.82. The number of aromatic amines is 1. The Bertz CT molecular complexity index is 1720. The molecule has 0 unspecified atom stereocenters. The van der Waals surface area contributed by atoms with Crippen LogP contribution >= 0.6 is 0 Å². The summed E-state index contributed by atoms with van der Waals surface area (Å²) in [6.07, 6.45) is 7.40. The van der Waals surface area contributed by atoms with Crippen LogP contribution < -0.4 is 4.74 Å². The maximum Gasteiger partial charge on any atom is 0.433 e. The van der Waals surface area contributed by atoms with Crippen LogP contribution in [0, 0.1) is 11.3 Å². The van der Waals surface area contributed by atoms with Crippen molar-refractivity contribution in [2.45, 2.75) is 81.4 Å². The molecule has 2 N–H and O–H groups in total. The van der Waals surface area contributed by atoms with Gasteiger partial charge in [0.25, 0.3) is 0 Å². The van der Waals surface area contributed by atoms with Crippen LogP contribution in [0.25, 0.3) is 22.3 Å². The van der Waals surface area contributed by atoms with Gasteiger partial charge in [0, 0.05) is 61.1 Å². The standard InChI is InChI=1S/C32H36F3N9O2/c33-32(34,35)27-12-21(15-42-11-1-2-24(42)17-45)13-28(41-27)46-25-5-3-23(4-6-25)43-18-31(19-43,8-9-36)44-16-22(14-40-44)29-26-7-10-37-30(26)39-20-38-29/h7,10,12-14,16,20,23-25,45H,1-6,8,11,15,17-19H2,(H,37,38,39)/t23-,24-,25+/m1/s1. The second kappa shape index (κ2) is 12.3. The van der Waals surface area contributed by atoms with E-state index >= 15 is 0 Å². The van der Waals surface area contributed by atoms with Crippen LogP contribution in [-0.2, 0) is 18.3 Å². The van der Waals surface area contributed by atoms with Crippen molar-refractivity contribution in [3.63, 3.8) is 0 Å². The summed E-state index contributed by atoms with van der Waals surface area (Å²) in [5.41, 5.74) is 1.49. The molecule has 1 saturated carbocycles. The second-order valence-corrected chi connectivity index (χ2v) is 12.8. The molecule has 0 amide bonds. The van der Waals surface area contributed by atoms with Crippen LogP contribution in [0.4, 0.5) is 13.2 Å². The molecule has 4 aromatic heterocycles. The summed E-state index contributed by atoms with van der Waals surface area (Å²) in [6, 6.07) is 7.23. The number of aliphatic hydroxyl groups excluding tert-OH is 1. The number of ether oxygens (including phenoxy) is 1. The fourth-order valence-electron chi connectivity index (χ4n) is 7.36. The molecule has 242 valence electrons. The molecule has 4 aromatic rings. The van der Waals surface area contributed by atoms with Gasteiger partial charge in [-0.1, -0.05) is 0 Å². The number of pyridine rings is 1. The molecule has 11 nitrogen and oxygen atoms in total. The van der Waals surface area contributed by atoms with E-state index in [0.717, 1.165) is 60.6 Å². The Labute approximate surface area is 264 Å². The zero-order chi connectivity index (χ0) is 31.9. The zero-order valence-electron chi connectivity index (χ0n) is 25.3. The lowest BCUT2D eigenvalue weighted by Crippen LogP contribution is -2.65. The maximum absolute atomic E-state index is 13.7. The highest BCUT2D eigenvalue weighted by molar-refractivity contribution is 5.90. The lowest BCUT2D eigenvalue weighted by Gasteiger charge is -2.53. The molecule has 1 aliphatic carbocycles. The van der Waals surface area contributed by atoms with Crippen LogP contribution in [0.5, 0.6) is 5.88 Å². The SMILES string of the molecule is N#CCC1(n2cc(-c3ncnc4[nH]ccc34)cn2)CN([C@H]2CC[C@@H](Oc3cc(CN4CCC[C@@H]4CO)cc(C(F)(F)F)n3)CC2)C1. The van der Waals surface area contributed by atoms with Gasteiger partial charge in [-0.3, -0.25) is 14.5 Å². The van der Waals surface area contributed by atoms with Gasteiger partial charge in [-0.25, -0.2) is 15.0 Å². The molecule has 7 rings (SSSR count). The first-order valence-electron chi connectivity index (χ1n) is 15.8. The molecular formula is C32H36F3N9O2. The highest BCUT2D eigenvalue weighted by atomic mass is 19.4. The Balaban J connectivity index is 0.984. The molecular weight excluding hydrogens is 599 g/mol. The average Bonchev–Trinajstić information content (AvgIpc) is 3.80. The molecule has 0 bridgehead atoms. The first-order valence-corrected chi connectivity index (χ1v) is 15.8. The number of likely N-dealkylation sites (tertiary alicyclic amines) is 2. The molecule has 0 radical (unpaired) electrons. The smallest absolute Gasteiger partial charge is 0.433 e. The van der Waals surface area contributed by atoms with E-state index in [2.05, 4.69) is 36.0 Å². The minimum atomic E-state index is -4.58. The zero-order valence-corrected chi connectivity index (χ0v) is 25.3. The van der Waals surface area contributed by atoms with Crippen LogP contribution in [0.3, 0.4) is 0 Å². The number of H-pyrrole nitrogens is 1. The van der Waals surface area contributed by atoms with E-state index in [-0.39, 0.29) is 24.6 Å². The normalized spacial score (nSPS) is 23.8. The minimum Gasteiger partial charge on any atom is -0.474 e. The van der Waals surface area contributed by atoms with Crippen molar-refractivity contribution in [2.75, 3.05) is 26.2 Å². The maximum atomic E-state index is 13.7. The van der Waals surface area contributed by atoms with Crippen LogP contribution in [0.15, 0.2) is 43.1 Å². The number of aromatic nitrogens is 6. The van der Waals surface area contributed by atoms with Gasteiger partial charge in [0.2, 0.25) is 5.88 Å². The van der Waals surface area contributed by atoms with E-state index in [0.29, 0.717) is 50.5 Å². The van der Waals surface area contributed by atoms with Crippen molar-refractivity contribution >= 4 is 11.0 Å². The predicted octanol–water partition coefficient (Wildman–Crippen LogP) is 4.51. The van der Waals surface area contributed by atoms with Gasteiger partial charge in [0.15, 0.2) is 0 Å². The first kappa shape index (κ1) is 30.6. The third kappa shape index (κ3) is 5.94. The van der Waals surface area contributed by atoms with Crippen molar-refractivity contribution in [3.05, 3.63) is 54.4 Å². The number of alkyl halides is 3. The predicted molar refractivity (Wildman–Crippen MR) is 161 cm³/mol. The number of rotatable bonds is 9. The monoisotopic (exact) mass is 635 g/mol. The van der Waals surface area contributed by atoms with E-state index in [1.165, 1.54) is 6.33 Å². The van der Waals surface area contributed by atoms with Gasteiger partial charge in [0.05, 0.1) is 31.0 Å². The summed E-state index contributed by atoms with van der Waals surface area (Å²) in [5, 5.41) is 24.9. The van der Waals surface area contributed by atoms with Gasteiger partial charge in [-0.2, -0.15) is 23.5 Å². The fraction of sp³-hybridized carbons (Fsp3) is 0.531. The summed E-state index contributed by atoms with van der Waals surface area (Å²) < 4.78 is 49.2. The number of fused-ring (bicyclic) bond motifs is 1. The Morgan fingerprint density at radius 1 is 1.13 bits per heavy atom. The molecule has 46 heavy (non-hydrogen) atoms. The molecule has 3 aliphatic rings. The van der Waals surface area contributed by atoms with Gasteiger partial charge >= 0.3 is 6.18 Å². The third-order valence-corrected chi connectivity index (χ3v) is 9.79. The van der Waals surface area contributed by atoms with Gasteiger partial charge in [-0.15, -0.1) is 0 Å². The summed E-state index contributed by atoms with van der Waals surface area (Å²) in [4.78, 5) is 20.0. The molecule has 1 atom stereocenters. The van der Waals surface area contributed by atoms with Crippen LogP contribution in [-0.4, -0.2) is 89.1 Å². The van der Waals surface area contributed by atoms with Crippen LogP contribution in [0.1, 0.15) is 56.2 Å². The molecule has 2 saturated heterocycles. The highest BCUT2D eigenvalue weighted by Gasteiger charge is 2.48. The number of halogens is 3. The fourth-order valence-corrected chi connectivity index (χ4v) is 7.36. The highest BCUT2D eigenvalue weighted by Crippen LogP contribution is 2.39. The van der Waals surface area contributed by atoms with Gasteiger partial charge in [0.1, 0.15) is 29.3 Å². The molecule has 3 fully saturated rings. The largest absolute Gasteiger partial charge is 0.474 e. The number of hydrogen-bond acceptors (Lipinski definition) is 9. The molecule has 14 heteroatoms. The average molecular weight is 636 g/mol. The van der Waals surface area contributed by atoms with E-state index in [1.807, 2.05) is 28.0 Å². The van der Waals surface area contributed by atoms with E-state index in [4.69, 9.17) is 4.74 Å². The Morgan fingerprint density at radius 2 is 1.96 bits per heavy atom. The van der Waals surface area contributed by atoms with Gasteiger partial charge in [-0.05, 0) is 62.8 Å². The second-order valence-electron chi connectivity index (χ2n) is 12.8. The van der Waals surface area contributed by atoms with Crippen LogP contribution in [0.2, 0.25) is 0 Å². The number of nitrogens with zero attached hydrogens (tertiary/aromatic N) is 8. The summed E-state index contributed by atoms with van der Waals surface area (Å²) >= 11 is 0. The number of hydrogen-bond donors (Lipinski definition) is 2. The Morgan fingerprint density at radius 3 is 2.72 bits per heavy atom. The van der Waals surface area contributed by atoms with Crippen molar-refractivity contribution in [1.29, 1.82) is 5.26 Å². The number of aliphatic hydroxyl groups is 1. The Kier molecular flexibility index (Phi) is 8.16. The summed E-state index contributed by atoms with van der Waals surface area (Å²) in [5.74, 6) is 0.0000890. The topological polar surface area (TPSA) is 132 Å². The number of nitriles is 1. The van der Waals surface area contributed by atoms with E-state index < -0.39 is 17.4 Å². The minimum absolute atomic E-state index is 0.0000890. The van der Waals surface area contributed by atoms with Crippen molar-refractivity contribution in [1.82, 2.24) is 39.5 Å². The third-order valence-electron chi connectivity index (χ3n) is 9.79. The molecule has 0 aromatic carbocycles. The summed E-state index contributed by atoms with van der Waals surface area (Å²) in [7, 11) is 0. The van der Waals surface area contributed by atoms with Crippen molar-refractivity contribution in [3.8, 4) is 23.2 Å². The number of nitrogens with one attached hydrogen (secondary N) is 1. The summed E-state index contributed by atoms with van der Waals surface area (Å²) in [6.45, 7) is 2.41. The molecule has 6 heterocycles. The van der Waals surface area contributed by atoms with Crippen molar-refractivity contribution < 1.29 is 23.0 Å².